The summed E-state index contributed by atoms with van der Waals surface area (Å²) < 4.78 is 38.0. The van der Waals surface area contributed by atoms with Crippen molar-refractivity contribution in [3.63, 3.8) is 0 Å². The monoisotopic (exact) mass is 588 g/mol. The Labute approximate surface area is 243 Å². The molecule has 1 N–H and O–H groups in total. The first kappa shape index (κ1) is 25.6. The van der Waals surface area contributed by atoms with E-state index in [0.29, 0.717) is 37.4 Å². The van der Waals surface area contributed by atoms with Crippen molar-refractivity contribution in [3.05, 3.63) is 92.9 Å². The van der Waals surface area contributed by atoms with E-state index in [1.165, 1.54) is 23.6 Å². The van der Waals surface area contributed by atoms with Crippen LogP contribution in [0.4, 0.5) is 8.78 Å². The number of piperidine rings is 1. The fraction of sp³-hybridized carbons (Fsp3) is 0.323. The zero-order chi connectivity index (χ0) is 28.7. The van der Waals surface area contributed by atoms with E-state index in [2.05, 4.69) is 4.98 Å². The van der Waals surface area contributed by atoms with Gasteiger partial charge < -0.3 is 14.7 Å². The van der Waals surface area contributed by atoms with E-state index in [4.69, 9.17) is 4.74 Å². The third-order valence-electron chi connectivity index (χ3n) is 9.47. The number of fused-ring (bicyclic) bond motifs is 7. The summed E-state index contributed by atoms with van der Waals surface area (Å²) in [5, 5.41) is 12.9. The van der Waals surface area contributed by atoms with Gasteiger partial charge in [0.15, 0.2) is 23.1 Å². The highest BCUT2D eigenvalue weighted by molar-refractivity contribution is 7.13. The van der Waals surface area contributed by atoms with Gasteiger partial charge in [-0.2, -0.15) is 0 Å². The number of amides is 1. The first-order chi connectivity index (χ1) is 20.4. The Morgan fingerprint density at radius 3 is 2.67 bits per heavy atom. The highest BCUT2D eigenvalue weighted by Crippen LogP contribution is 2.52. The van der Waals surface area contributed by atoms with Gasteiger partial charge in [-0.1, -0.05) is 30.3 Å². The van der Waals surface area contributed by atoms with Crippen molar-refractivity contribution in [3.8, 4) is 27.4 Å². The average Bonchev–Trinajstić information content (AvgIpc) is 3.44. The van der Waals surface area contributed by atoms with Crippen LogP contribution in [0.2, 0.25) is 0 Å². The molecule has 2 fully saturated rings. The number of carbonyl (C=O) groups excluding carboxylic acids is 1. The maximum atomic E-state index is 15.9. The average molecular weight is 589 g/mol. The number of pyridine rings is 1. The summed E-state index contributed by atoms with van der Waals surface area (Å²) in [6.07, 6.45) is 4.08. The minimum absolute atomic E-state index is 0.0688. The zero-order valence-corrected chi connectivity index (χ0v) is 23.2. The van der Waals surface area contributed by atoms with Crippen molar-refractivity contribution in [2.24, 2.45) is 5.41 Å². The molecular weight excluding hydrogens is 562 g/mol. The highest BCUT2D eigenvalue weighted by Gasteiger charge is 2.51. The summed E-state index contributed by atoms with van der Waals surface area (Å²) in [7, 11) is 0. The molecule has 2 saturated heterocycles. The van der Waals surface area contributed by atoms with Crippen molar-refractivity contribution in [2.75, 3.05) is 24.8 Å². The van der Waals surface area contributed by atoms with Crippen LogP contribution in [0.15, 0.2) is 59.0 Å². The molecule has 4 aromatic rings. The third-order valence-corrected chi connectivity index (χ3v) is 10.3. The second-order valence-electron chi connectivity index (χ2n) is 11.5. The molecule has 2 aromatic carbocycles. The Balaban J connectivity index is 1.44. The van der Waals surface area contributed by atoms with E-state index in [1.807, 2.05) is 29.3 Å². The van der Waals surface area contributed by atoms with Crippen LogP contribution >= 0.6 is 11.3 Å². The van der Waals surface area contributed by atoms with E-state index < -0.39 is 40.9 Å². The number of aromatic nitrogens is 2. The van der Waals surface area contributed by atoms with Crippen molar-refractivity contribution in [2.45, 2.75) is 37.9 Å². The summed E-state index contributed by atoms with van der Waals surface area (Å²) >= 11 is 1.35. The van der Waals surface area contributed by atoms with E-state index >= 15 is 4.39 Å². The third kappa shape index (κ3) is 3.49. The molecule has 1 aliphatic carbocycles. The Morgan fingerprint density at radius 2 is 1.83 bits per heavy atom. The molecule has 11 heteroatoms. The standard InChI is InChI=1S/C31H26F2N4O4S/c32-20-6-5-19-23(24(20)33)25-29(42-16-34-25)18-4-2-1-3-17(18)26(19)37-22-15-31(9-13-41-14-10-31)8-12-35(22)30(40)27-28(39)21(38)7-11-36(27)37/h1-7,11,16,22,26,39H,8-10,12-15H2. The number of benzene rings is 2. The molecule has 214 valence electrons. The number of hydrogen-bond acceptors (Lipinski definition) is 7. The van der Waals surface area contributed by atoms with Gasteiger partial charge in [0, 0.05) is 37.6 Å². The Bertz CT molecular complexity index is 1830. The molecule has 42 heavy (non-hydrogen) atoms. The Morgan fingerprint density at radius 1 is 1.02 bits per heavy atom. The molecule has 8 nitrogen and oxygen atoms in total. The van der Waals surface area contributed by atoms with Gasteiger partial charge >= 0.3 is 0 Å². The van der Waals surface area contributed by atoms with Crippen LogP contribution in [-0.2, 0) is 4.74 Å². The fourth-order valence-electron chi connectivity index (χ4n) is 7.37. The SMILES string of the molecule is O=C1c2c(O)c(=O)ccn2N(C2c3ccccc3-c3scnc3-c3c2ccc(F)c3F)C2CC3(CCOCC3)CCN12. The summed E-state index contributed by atoms with van der Waals surface area (Å²) in [5.41, 5.74) is 3.31. The van der Waals surface area contributed by atoms with Gasteiger partial charge in [0.1, 0.15) is 6.17 Å². The lowest BCUT2D eigenvalue weighted by molar-refractivity contribution is -0.0430. The largest absolute Gasteiger partial charge is 0.502 e. The molecule has 0 bridgehead atoms. The zero-order valence-electron chi connectivity index (χ0n) is 22.4. The molecule has 5 heterocycles. The topological polar surface area (TPSA) is 87.9 Å². The van der Waals surface area contributed by atoms with Crippen molar-refractivity contribution in [1.82, 2.24) is 14.6 Å². The molecular formula is C31H26F2N4O4S. The second-order valence-corrected chi connectivity index (χ2v) is 12.3. The second kappa shape index (κ2) is 9.20. The number of aromatic hydroxyl groups is 1. The maximum Gasteiger partial charge on any atom is 0.278 e. The first-order valence-corrected chi connectivity index (χ1v) is 14.9. The van der Waals surface area contributed by atoms with E-state index in [-0.39, 0.29) is 16.7 Å². The Kier molecular flexibility index (Phi) is 5.61. The van der Waals surface area contributed by atoms with Gasteiger partial charge in [0.25, 0.3) is 5.91 Å². The minimum atomic E-state index is -0.991. The van der Waals surface area contributed by atoms with Gasteiger partial charge in [0.05, 0.1) is 22.1 Å². The normalized spacial score (nSPS) is 22.1. The molecule has 0 saturated carbocycles. The van der Waals surface area contributed by atoms with E-state index in [0.717, 1.165) is 41.3 Å². The molecule has 2 unspecified atom stereocenters. The van der Waals surface area contributed by atoms with Gasteiger partial charge in [-0.05, 0) is 53.9 Å². The molecule has 8 rings (SSSR count). The van der Waals surface area contributed by atoms with E-state index in [1.54, 1.807) is 21.2 Å². The lowest BCUT2D eigenvalue weighted by Crippen LogP contribution is -2.66. The van der Waals surface area contributed by atoms with Crippen LogP contribution in [0.1, 0.15) is 53.3 Å². The molecule has 3 aliphatic heterocycles. The van der Waals surface area contributed by atoms with Gasteiger partial charge in [0.2, 0.25) is 5.43 Å². The quantitative estimate of drug-likeness (QED) is 0.336. The van der Waals surface area contributed by atoms with Crippen molar-refractivity contribution >= 4 is 17.2 Å². The maximum absolute atomic E-state index is 15.9. The van der Waals surface area contributed by atoms with Gasteiger partial charge in [-0.15, -0.1) is 11.3 Å². The number of carbonyl (C=O) groups is 1. The lowest BCUT2D eigenvalue weighted by Gasteiger charge is -2.56. The van der Waals surface area contributed by atoms with Crippen molar-refractivity contribution in [1.29, 1.82) is 0 Å². The smallest absolute Gasteiger partial charge is 0.278 e. The lowest BCUT2D eigenvalue weighted by atomic mass is 9.71. The van der Waals surface area contributed by atoms with Crippen molar-refractivity contribution < 1.29 is 23.4 Å². The summed E-state index contributed by atoms with van der Waals surface area (Å²) in [4.78, 5) is 33.5. The molecule has 2 atom stereocenters. The van der Waals surface area contributed by atoms with Crippen LogP contribution in [0.3, 0.4) is 0 Å². The Hall–Kier alpha value is -4.09. The molecule has 0 radical (unpaired) electrons. The molecule has 1 amide bonds. The van der Waals surface area contributed by atoms with Crippen LogP contribution in [-0.4, -0.2) is 51.5 Å². The molecule has 4 aliphatic rings. The number of ether oxygens (including phenoxy) is 1. The minimum Gasteiger partial charge on any atom is -0.502 e. The molecule has 2 aromatic heterocycles. The number of rotatable bonds is 1. The predicted molar refractivity (Wildman–Crippen MR) is 152 cm³/mol. The predicted octanol–water partition coefficient (Wildman–Crippen LogP) is 5.04. The van der Waals surface area contributed by atoms with Crippen LogP contribution < -0.4 is 10.4 Å². The summed E-state index contributed by atoms with van der Waals surface area (Å²) in [6, 6.07) is 10.9. The van der Waals surface area contributed by atoms with Crippen LogP contribution in [0.5, 0.6) is 5.75 Å². The van der Waals surface area contributed by atoms with Gasteiger partial charge in [-0.25, -0.2) is 13.8 Å². The number of nitrogens with zero attached hydrogens (tertiary/aromatic N) is 4. The van der Waals surface area contributed by atoms with Crippen LogP contribution in [0, 0.1) is 17.0 Å². The van der Waals surface area contributed by atoms with Crippen LogP contribution in [0.25, 0.3) is 21.7 Å². The molecule has 1 spiro atoms. The van der Waals surface area contributed by atoms with E-state index in [9.17, 15) is 19.1 Å². The number of hydrogen-bond donors (Lipinski definition) is 1. The number of halogens is 2. The summed E-state index contributed by atoms with van der Waals surface area (Å²) in [5.74, 6) is -3.03. The first-order valence-electron chi connectivity index (χ1n) is 14.0. The highest BCUT2D eigenvalue weighted by atomic mass is 32.1. The summed E-state index contributed by atoms with van der Waals surface area (Å²) in [6.45, 7) is 1.70. The fourth-order valence-corrected chi connectivity index (χ4v) is 8.21. The number of thiazole rings is 1. The van der Waals surface area contributed by atoms with Gasteiger partial charge in [-0.3, -0.25) is 19.3 Å².